The summed E-state index contributed by atoms with van der Waals surface area (Å²) in [6.07, 6.45) is 5.10. The molecule has 0 spiro atoms. The van der Waals surface area contributed by atoms with Gasteiger partial charge in [0.25, 0.3) is 5.95 Å². The van der Waals surface area contributed by atoms with Gasteiger partial charge in [0.1, 0.15) is 0 Å². The quantitative estimate of drug-likeness (QED) is 0.593. The summed E-state index contributed by atoms with van der Waals surface area (Å²) < 4.78 is 3.63. The lowest BCUT2D eigenvalue weighted by atomic mass is 10.3. The van der Waals surface area contributed by atoms with Crippen LogP contribution in [0.2, 0.25) is 0 Å². The Kier molecular flexibility index (Phi) is 3.44. The number of aromatic nitrogens is 6. The molecule has 0 aliphatic carbocycles. The number of hydrogen-bond donors (Lipinski definition) is 1. The van der Waals surface area contributed by atoms with Crippen LogP contribution >= 0.6 is 12.2 Å². The highest BCUT2D eigenvalue weighted by Crippen LogP contribution is 2.10. The molecule has 7 nitrogen and oxygen atoms in total. The average Bonchev–Trinajstić information content (AvgIpc) is 3.00. The number of aromatic amines is 1. The molecule has 21 heavy (non-hydrogen) atoms. The first kappa shape index (κ1) is 13.4. The number of aryl methyl sites for hydroxylation is 2. The van der Waals surface area contributed by atoms with Gasteiger partial charge in [0.05, 0.1) is 11.9 Å². The lowest BCUT2D eigenvalue weighted by Crippen LogP contribution is -2.07. The Morgan fingerprint density at radius 3 is 2.90 bits per heavy atom. The fourth-order valence-corrected chi connectivity index (χ4v) is 2.11. The minimum atomic E-state index is 0.401. The molecule has 106 valence electrons. The molecule has 0 atom stereocenters. The molecule has 3 rings (SSSR count). The van der Waals surface area contributed by atoms with Crippen molar-refractivity contribution in [2.75, 3.05) is 0 Å². The highest BCUT2D eigenvalue weighted by atomic mass is 32.1. The van der Waals surface area contributed by atoms with Crippen molar-refractivity contribution >= 4 is 18.4 Å². The number of nitrogens with one attached hydrogen (secondary N) is 1. The van der Waals surface area contributed by atoms with Crippen LogP contribution in [0.15, 0.2) is 35.7 Å². The van der Waals surface area contributed by atoms with Crippen molar-refractivity contribution in [1.82, 2.24) is 29.6 Å². The lowest BCUT2D eigenvalue weighted by molar-refractivity contribution is 0.714. The molecule has 0 bridgehead atoms. The highest BCUT2D eigenvalue weighted by molar-refractivity contribution is 7.71. The molecule has 0 aliphatic heterocycles. The molecular weight excluding hydrogens is 286 g/mol. The topological polar surface area (TPSA) is 76.7 Å². The van der Waals surface area contributed by atoms with E-state index in [2.05, 4.69) is 25.4 Å². The SMILES string of the molecule is Cc1cc(C)n(-c2n[nH]c(=S)n2/N=C\c2cccnc2)n1. The van der Waals surface area contributed by atoms with E-state index in [0.717, 1.165) is 17.0 Å². The Labute approximate surface area is 126 Å². The van der Waals surface area contributed by atoms with Gasteiger partial charge in [-0.2, -0.15) is 14.9 Å². The molecule has 8 heteroatoms. The van der Waals surface area contributed by atoms with E-state index in [-0.39, 0.29) is 0 Å². The molecule has 0 aromatic carbocycles. The van der Waals surface area contributed by atoms with Crippen LogP contribution in [0, 0.1) is 18.6 Å². The van der Waals surface area contributed by atoms with Crippen LogP contribution in [-0.4, -0.2) is 35.9 Å². The second kappa shape index (κ2) is 5.41. The van der Waals surface area contributed by atoms with Gasteiger partial charge >= 0.3 is 0 Å². The molecule has 0 fully saturated rings. The van der Waals surface area contributed by atoms with E-state index in [0.29, 0.717) is 10.7 Å². The molecular formula is C13H13N7S. The highest BCUT2D eigenvalue weighted by Gasteiger charge is 2.11. The third kappa shape index (κ3) is 2.65. The van der Waals surface area contributed by atoms with Crippen molar-refractivity contribution in [2.45, 2.75) is 13.8 Å². The van der Waals surface area contributed by atoms with Crippen molar-refractivity contribution in [3.05, 3.63) is 52.3 Å². The molecule has 0 saturated carbocycles. The third-order valence-electron chi connectivity index (χ3n) is 2.84. The minimum absolute atomic E-state index is 0.401. The predicted octanol–water partition coefficient (Wildman–Crippen LogP) is 2.02. The normalized spacial score (nSPS) is 11.3. The van der Waals surface area contributed by atoms with Crippen LogP contribution in [0.4, 0.5) is 0 Å². The molecule has 0 amide bonds. The Morgan fingerprint density at radius 2 is 2.24 bits per heavy atom. The van der Waals surface area contributed by atoms with Crippen LogP contribution in [0.3, 0.4) is 0 Å². The van der Waals surface area contributed by atoms with Crippen LogP contribution in [0.5, 0.6) is 0 Å². The Balaban J connectivity index is 2.04. The van der Waals surface area contributed by atoms with E-state index in [1.165, 1.54) is 4.68 Å². The van der Waals surface area contributed by atoms with E-state index in [9.17, 15) is 0 Å². The van der Waals surface area contributed by atoms with E-state index in [1.807, 2.05) is 32.0 Å². The van der Waals surface area contributed by atoms with Gasteiger partial charge in [-0.3, -0.25) is 4.98 Å². The van der Waals surface area contributed by atoms with E-state index in [4.69, 9.17) is 12.2 Å². The lowest BCUT2D eigenvalue weighted by Gasteiger charge is -2.02. The number of hydrogen-bond acceptors (Lipinski definition) is 5. The maximum atomic E-state index is 5.21. The summed E-state index contributed by atoms with van der Waals surface area (Å²) in [5, 5.41) is 15.7. The Morgan fingerprint density at radius 1 is 1.38 bits per heavy atom. The standard InChI is InChI=1S/C13H13N7S/c1-9-6-10(2)19(18-9)12-16-17-13(21)20(12)15-8-11-4-3-5-14-7-11/h3-8H,1-2H3,(H,17,21)/b15-8-. The number of pyridine rings is 1. The van der Waals surface area contributed by atoms with E-state index in [1.54, 1.807) is 23.3 Å². The van der Waals surface area contributed by atoms with Gasteiger partial charge < -0.3 is 0 Å². The second-order valence-corrected chi connectivity index (χ2v) is 4.90. The zero-order valence-corrected chi connectivity index (χ0v) is 12.4. The Hall–Kier alpha value is -2.61. The van der Waals surface area contributed by atoms with Crippen LogP contribution < -0.4 is 0 Å². The first-order chi connectivity index (χ1) is 10.1. The molecule has 3 aromatic rings. The first-order valence-corrected chi connectivity index (χ1v) is 6.71. The van der Waals surface area contributed by atoms with Crippen molar-refractivity contribution < 1.29 is 0 Å². The van der Waals surface area contributed by atoms with Crippen molar-refractivity contribution in [3.63, 3.8) is 0 Å². The number of rotatable bonds is 3. The smallest absolute Gasteiger partial charge is 0.264 e. The Bertz CT molecular complexity index is 841. The van der Waals surface area contributed by atoms with E-state index < -0.39 is 0 Å². The molecule has 0 radical (unpaired) electrons. The van der Waals surface area contributed by atoms with Gasteiger partial charge in [-0.1, -0.05) is 6.07 Å². The summed E-state index contributed by atoms with van der Waals surface area (Å²) in [6.45, 7) is 3.88. The van der Waals surface area contributed by atoms with Gasteiger partial charge in [-0.25, -0.2) is 9.78 Å². The number of H-pyrrole nitrogens is 1. The molecule has 3 aromatic heterocycles. The van der Waals surface area contributed by atoms with Crippen molar-refractivity contribution in [1.29, 1.82) is 0 Å². The minimum Gasteiger partial charge on any atom is -0.264 e. The van der Waals surface area contributed by atoms with Gasteiger partial charge in [-0.05, 0) is 38.2 Å². The zero-order chi connectivity index (χ0) is 14.8. The summed E-state index contributed by atoms with van der Waals surface area (Å²) >= 11 is 5.21. The zero-order valence-electron chi connectivity index (χ0n) is 11.6. The summed E-state index contributed by atoms with van der Waals surface area (Å²) in [4.78, 5) is 4.04. The monoisotopic (exact) mass is 299 g/mol. The molecule has 0 saturated heterocycles. The second-order valence-electron chi connectivity index (χ2n) is 4.51. The molecule has 3 heterocycles. The molecule has 0 aliphatic rings. The summed E-state index contributed by atoms with van der Waals surface area (Å²) in [5.74, 6) is 0.519. The summed E-state index contributed by atoms with van der Waals surface area (Å²) in [7, 11) is 0. The van der Waals surface area contributed by atoms with Crippen molar-refractivity contribution in [2.24, 2.45) is 5.10 Å². The average molecular weight is 299 g/mol. The van der Waals surface area contributed by atoms with Crippen molar-refractivity contribution in [3.8, 4) is 5.95 Å². The molecule has 1 N–H and O–H groups in total. The van der Waals surface area contributed by atoms with Gasteiger partial charge in [0, 0.05) is 23.7 Å². The first-order valence-electron chi connectivity index (χ1n) is 6.30. The summed E-state index contributed by atoms with van der Waals surface area (Å²) in [5.41, 5.74) is 2.74. The number of nitrogens with zero attached hydrogens (tertiary/aromatic N) is 6. The van der Waals surface area contributed by atoms with Crippen LogP contribution in [-0.2, 0) is 0 Å². The fraction of sp³-hybridized carbons (Fsp3) is 0.154. The summed E-state index contributed by atoms with van der Waals surface area (Å²) in [6, 6.07) is 5.72. The predicted molar refractivity (Wildman–Crippen MR) is 81.2 cm³/mol. The van der Waals surface area contributed by atoms with Crippen LogP contribution in [0.25, 0.3) is 5.95 Å². The third-order valence-corrected chi connectivity index (χ3v) is 3.10. The maximum absolute atomic E-state index is 5.21. The van der Waals surface area contributed by atoms with E-state index >= 15 is 0 Å². The van der Waals surface area contributed by atoms with Gasteiger partial charge in [0.2, 0.25) is 4.77 Å². The maximum Gasteiger partial charge on any atom is 0.271 e. The van der Waals surface area contributed by atoms with Gasteiger partial charge in [0.15, 0.2) is 0 Å². The largest absolute Gasteiger partial charge is 0.271 e. The van der Waals surface area contributed by atoms with Gasteiger partial charge in [-0.15, -0.1) is 5.10 Å². The fourth-order valence-electron chi connectivity index (χ4n) is 1.93. The molecule has 0 unspecified atom stereocenters. The van der Waals surface area contributed by atoms with Crippen LogP contribution in [0.1, 0.15) is 17.0 Å².